The van der Waals surface area contributed by atoms with E-state index in [9.17, 15) is 10.4 Å². The molecule has 1 heterocycles. The van der Waals surface area contributed by atoms with Crippen molar-refractivity contribution in [1.82, 2.24) is 9.55 Å². The number of fused-ring (bicyclic) bond motifs is 1. The zero-order valence-electron chi connectivity index (χ0n) is 11.9. The van der Waals surface area contributed by atoms with Crippen molar-refractivity contribution in [3.05, 3.63) is 54.4 Å². The predicted octanol–water partition coefficient (Wildman–Crippen LogP) is 2.62. The smallest absolute Gasteiger partial charge is 0.203 e. The lowest BCUT2D eigenvalue weighted by atomic mass is 10.3. The molecule has 2 N–H and O–H groups in total. The summed E-state index contributed by atoms with van der Waals surface area (Å²) in [6.07, 6.45) is 0. The molecule has 0 amide bonds. The summed E-state index contributed by atoms with van der Waals surface area (Å²) < 4.78 is 1.82. The normalized spacial score (nSPS) is 11.4. The van der Waals surface area contributed by atoms with Crippen LogP contribution in [0.2, 0.25) is 0 Å². The molecule has 2 aromatic carbocycles. The second-order valence-electron chi connectivity index (χ2n) is 4.72. The number of nitrogens with one attached hydrogen (secondary N) is 1. The number of rotatable bonds is 3. The molecule has 22 heavy (non-hydrogen) atoms. The van der Waals surface area contributed by atoms with Crippen LogP contribution in [-0.2, 0) is 7.05 Å². The van der Waals surface area contributed by atoms with Gasteiger partial charge < -0.3 is 9.67 Å². The third kappa shape index (κ3) is 2.47. The number of imidazole rings is 1. The van der Waals surface area contributed by atoms with Gasteiger partial charge >= 0.3 is 0 Å². The quantitative estimate of drug-likeness (QED) is 0.573. The molecule has 3 rings (SSSR count). The number of phenolic OH excluding ortho intramolecular Hbond substituents is 1. The highest BCUT2D eigenvalue weighted by molar-refractivity contribution is 6.11. The van der Waals surface area contributed by atoms with Crippen LogP contribution in [0.3, 0.4) is 0 Å². The zero-order valence-corrected chi connectivity index (χ0v) is 11.9. The molecule has 0 bridgehead atoms. The standard InChI is InChI=1S/C16H13N5O/c1-21-15-8-3-2-7-13(15)18-16(21)14(10-17)20-19-11-5-4-6-12(22)9-11/h2-9,19,22H,1H3/b20-14+. The van der Waals surface area contributed by atoms with E-state index < -0.39 is 0 Å². The number of benzene rings is 2. The molecule has 3 aromatic rings. The topological polar surface area (TPSA) is 86.2 Å². The van der Waals surface area contributed by atoms with Crippen molar-refractivity contribution in [2.24, 2.45) is 12.1 Å². The minimum atomic E-state index is 0.126. The summed E-state index contributed by atoms with van der Waals surface area (Å²) in [7, 11) is 1.84. The third-order valence-corrected chi connectivity index (χ3v) is 3.25. The molecule has 0 aliphatic carbocycles. The zero-order chi connectivity index (χ0) is 15.5. The van der Waals surface area contributed by atoms with Crippen molar-refractivity contribution in [3.8, 4) is 11.8 Å². The Morgan fingerprint density at radius 3 is 2.82 bits per heavy atom. The van der Waals surface area contributed by atoms with Crippen LogP contribution in [0.25, 0.3) is 11.0 Å². The first kappa shape index (κ1) is 13.6. The number of aromatic nitrogens is 2. The summed E-state index contributed by atoms with van der Waals surface area (Å²) in [5, 5.41) is 22.9. The highest BCUT2D eigenvalue weighted by atomic mass is 16.3. The van der Waals surface area contributed by atoms with Crippen LogP contribution in [0.1, 0.15) is 5.82 Å². The van der Waals surface area contributed by atoms with Gasteiger partial charge in [-0.2, -0.15) is 10.4 Å². The van der Waals surface area contributed by atoms with Crippen LogP contribution < -0.4 is 5.43 Å². The Kier molecular flexibility index (Phi) is 3.46. The number of nitrogens with zero attached hydrogens (tertiary/aromatic N) is 4. The van der Waals surface area contributed by atoms with Crippen molar-refractivity contribution in [3.63, 3.8) is 0 Å². The molecule has 0 atom stereocenters. The Bertz CT molecular complexity index is 904. The summed E-state index contributed by atoms with van der Waals surface area (Å²) in [6, 6.07) is 16.2. The van der Waals surface area contributed by atoms with Gasteiger partial charge in [-0.3, -0.25) is 5.43 Å². The Balaban J connectivity index is 1.98. The molecule has 0 saturated carbocycles. The number of hydrogen-bond acceptors (Lipinski definition) is 5. The molecule has 0 aliphatic rings. The fraction of sp³-hybridized carbons (Fsp3) is 0.0625. The summed E-state index contributed by atoms with van der Waals surface area (Å²) in [5.74, 6) is 0.609. The minimum absolute atomic E-state index is 0.126. The number of hydrogen-bond donors (Lipinski definition) is 2. The largest absolute Gasteiger partial charge is 0.508 e. The summed E-state index contributed by atoms with van der Waals surface area (Å²) in [4.78, 5) is 4.43. The number of aromatic hydroxyl groups is 1. The van der Waals surface area contributed by atoms with E-state index in [0.717, 1.165) is 11.0 Å². The van der Waals surface area contributed by atoms with Crippen molar-refractivity contribution < 1.29 is 5.11 Å². The Labute approximate surface area is 127 Å². The molecule has 0 radical (unpaired) electrons. The van der Waals surface area contributed by atoms with Gasteiger partial charge in [-0.1, -0.05) is 18.2 Å². The summed E-state index contributed by atoms with van der Waals surface area (Å²) in [5.41, 5.74) is 5.25. The van der Waals surface area contributed by atoms with Crippen LogP contribution in [0.4, 0.5) is 5.69 Å². The van der Waals surface area contributed by atoms with E-state index in [1.165, 1.54) is 6.07 Å². The molecule has 0 aliphatic heterocycles. The molecular formula is C16H13N5O. The number of para-hydroxylation sites is 2. The van der Waals surface area contributed by atoms with Gasteiger partial charge in [-0.25, -0.2) is 4.98 Å². The van der Waals surface area contributed by atoms with Crippen LogP contribution in [0.15, 0.2) is 53.6 Å². The van der Waals surface area contributed by atoms with Crippen molar-refractivity contribution in [2.45, 2.75) is 0 Å². The average molecular weight is 291 g/mol. The van der Waals surface area contributed by atoms with Crippen LogP contribution in [0, 0.1) is 11.3 Å². The first-order chi connectivity index (χ1) is 10.7. The number of hydrazone groups is 1. The van der Waals surface area contributed by atoms with E-state index in [1.54, 1.807) is 18.2 Å². The molecule has 0 saturated heterocycles. The average Bonchev–Trinajstić information content (AvgIpc) is 2.86. The van der Waals surface area contributed by atoms with Crippen molar-refractivity contribution >= 4 is 22.4 Å². The third-order valence-electron chi connectivity index (χ3n) is 3.25. The van der Waals surface area contributed by atoms with E-state index in [1.807, 2.05) is 41.9 Å². The van der Waals surface area contributed by atoms with Gasteiger partial charge in [0, 0.05) is 13.1 Å². The second-order valence-corrected chi connectivity index (χ2v) is 4.72. The lowest BCUT2D eigenvalue weighted by molar-refractivity contribution is 0.475. The molecule has 1 aromatic heterocycles. The van der Waals surface area contributed by atoms with Gasteiger partial charge in [0.05, 0.1) is 16.7 Å². The van der Waals surface area contributed by atoms with Crippen molar-refractivity contribution in [2.75, 3.05) is 5.43 Å². The number of phenols is 1. The van der Waals surface area contributed by atoms with Gasteiger partial charge in [0.2, 0.25) is 5.71 Å². The van der Waals surface area contributed by atoms with Gasteiger partial charge in [0.25, 0.3) is 0 Å². The van der Waals surface area contributed by atoms with Gasteiger partial charge in [0.1, 0.15) is 11.8 Å². The predicted molar refractivity (Wildman–Crippen MR) is 84.6 cm³/mol. The lowest BCUT2D eigenvalue weighted by Gasteiger charge is -2.03. The van der Waals surface area contributed by atoms with Crippen LogP contribution in [-0.4, -0.2) is 20.4 Å². The van der Waals surface area contributed by atoms with E-state index in [0.29, 0.717) is 11.5 Å². The fourth-order valence-corrected chi connectivity index (χ4v) is 2.18. The van der Waals surface area contributed by atoms with Gasteiger partial charge in [-0.15, -0.1) is 0 Å². The van der Waals surface area contributed by atoms with E-state index >= 15 is 0 Å². The molecule has 0 spiro atoms. The van der Waals surface area contributed by atoms with Gasteiger partial charge in [-0.05, 0) is 24.3 Å². The Morgan fingerprint density at radius 2 is 2.09 bits per heavy atom. The van der Waals surface area contributed by atoms with Crippen LogP contribution >= 0.6 is 0 Å². The maximum absolute atomic E-state index is 9.42. The number of nitriles is 1. The first-order valence-corrected chi connectivity index (χ1v) is 6.63. The van der Waals surface area contributed by atoms with Crippen molar-refractivity contribution in [1.29, 1.82) is 5.26 Å². The number of anilines is 1. The first-order valence-electron chi connectivity index (χ1n) is 6.63. The Hall–Kier alpha value is -3.33. The summed E-state index contributed by atoms with van der Waals surface area (Å²) in [6.45, 7) is 0. The number of aryl methyl sites for hydroxylation is 1. The van der Waals surface area contributed by atoms with E-state index in [-0.39, 0.29) is 11.5 Å². The molecule has 0 fully saturated rings. The molecule has 0 unspecified atom stereocenters. The van der Waals surface area contributed by atoms with Gasteiger partial charge in [0.15, 0.2) is 5.82 Å². The Morgan fingerprint density at radius 1 is 1.27 bits per heavy atom. The SMILES string of the molecule is Cn1c(/C(C#N)=N/Nc2cccc(O)c2)nc2ccccc21. The monoisotopic (exact) mass is 291 g/mol. The molecule has 108 valence electrons. The molecular weight excluding hydrogens is 278 g/mol. The minimum Gasteiger partial charge on any atom is -0.508 e. The van der Waals surface area contributed by atoms with Crippen LogP contribution in [0.5, 0.6) is 5.75 Å². The summed E-state index contributed by atoms with van der Waals surface area (Å²) >= 11 is 0. The lowest BCUT2D eigenvalue weighted by Crippen LogP contribution is -2.08. The highest BCUT2D eigenvalue weighted by Crippen LogP contribution is 2.17. The van der Waals surface area contributed by atoms with E-state index in [2.05, 4.69) is 15.5 Å². The maximum atomic E-state index is 9.42. The van der Waals surface area contributed by atoms with E-state index in [4.69, 9.17) is 0 Å². The molecule has 6 heteroatoms. The molecule has 6 nitrogen and oxygen atoms in total. The highest BCUT2D eigenvalue weighted by Gasteiger charge is 2.13. The maximum Gasteiger partial charge on any atom is 0.203 e. The second kappa shape index (κ2) is 5.58. The fourth-order valence-electron chi connectivity index (χ4n) is 2.18.